The molecule has 0 aromatic heterocycles. The summed E-state index contributed by atoms with van der Waals surface area (Å²) in [6.07, 6.45) is 2.09. The first-order chi connectivity index (χ1) is 9.19. The van der Waals surface area contributed by atoms with E-state index in [1.807, 2.05) is 0 Å². The minimum atomic E-state index is 0. The predicted octanol–water partition coefficient (Wildman–Crippen LogP) is 2.25. The SMILES string of the molecule is COc1cc(CN(C)C2CNC2)c(SC)cc1OC.Cl. The Labute approximate surface area is 131 Å². The fourth-order valence-electron chi connectivity index (χ4n) is 2.20. The molecule has 0 unspecified atom stereocenters. The highest BCUT2D eigenvalue weighted by Gasteiger charge is 2.22. The van der Waals surface area contributed by atoms with E-state index in [0.717, 1.165) is 31.1 Å². The molecular formula is C14H23ClN2O2S. The molecule has 0 atom stereocenters. The van der Waals surface area contributed by atoms with Crippen molar-refractivity contribution in [3.63, 3.8) is 0 Å². The first kappa shape index (κ1) is 17.4. The Morgan fingerprint density at radius 2 is 1.85 bits per heavy atom. The number of ether oxygens (including phenoxy) is 2. The lowest BCUT2D eigenvalue weighted by Gasteiger charge is -2.36. The molecule has 1 aliphatic rings. The number of hydrogen-bond donors (Lipinski definition) is 1. The van der Waals surface area contributed by atoms with Gasteiger partial charge in [0.05, 0.1) is 14.2 Å². The summed E-state index contributed by atoms with van der Waals surface area (Å²) in [5.41, 5.74) is 1.29. The van der Waals surface area contributed by atoms with E-state index < -0.39 is 0 Å². The summed E-state index contributed by atoms with van der Waals surface area (Å²) < 4.78 is 10.8. The topological polar surface area (TPSA) is 33.7 Å². The van der Waals surface area contributed by atoms with E-state index in [0.29, 0.717) is 6.04 Å². The molecule has 0 amide bonds. The Hall–Kier alpha value is -0.620. The third-order valence-corrected chi connectivity index (χ3v) is 4.41. The van der Waals surface area contributed by atoms with Gasteiger partial charge in [0.15, 0.2) is 11.5 Å². The average Bonchev–Trinajstić information content (AvgIpc) is 2.36. The smallest absolute Gasteiger partial charge is 0.161 e. The van der Waals surface area contributed by atoms with Gasteiger partial charge in [-0.15, -0.1) is 24.2 Å². The van der Waals surface area contributed by atoms with Gasteiger partial charge in [-0.1, -0.05) is 0 Å². The van der Waals surface area contributed by atoms with E-state index in [1.165, 1.54) is 10.5 Å². The van der Waals surface area contributed by atoms with E-state index >= 15 is 0 Å². The molecule has 6 heteroatoms. The number of methoxy groups -OCH3 is 2. The van der Waals surface area contributed by atoms with Crippen LogP contribution in [0.15, 0.2) is 17.0 Å². The lowest BCUT2D eigenvalue weighted by atomic mass is 10.1. The van der Waals surface area contributed by atoms with Crippen LogP contribution in [-0.4, -0.2) is 51.6 Å². The summed E-state index contributed by atoms with van der Waals surface area (Å²) in [6.45, 7) is 3.10. The van der Waals surface area contributed by atoms with Crippen molar-refractivity contribution >= 4 is 24.2 Å². The van der Waals surface area contributed by atoms with E-state index in [9.17, 15) is 0 Å². The third kappa shape index (κ3) is 3.73. The molecule has 1 saturated heterocycles. The highest BCUT2D eigenvalue weighted by molar-refractivity contribution is 7.98. The summed E-state index contributed by atoms with van der Waals surface area (Å²) in [4.78, 5) is 3.63. The lowest BCUT2D eigenvalue weighted by molar-refractivity contribution is 0.172. The molecule has 0 spiro atoms. The molecule has 0 radical (unpaired) electrons. The number of benzene rings is 1. The van der Waals surface area contributed by atoms with Gasteiger partial charge in [0.1, 0.15) is 0 Å². The van der Waals surface area contributed by atoms with Crippen LogP contribution in [0.1, 0.15) is 5.56 Å². The zero-order valence-electron chi connectivity index (χ0n) is 12.4. The van der Waals surface area contributed by atoms with Crippen LogP contribution < -0.4 is 14.8 Å². The Kier molecular flexibility index (Phi) is 6.95. The maximum atomic E-state index is 5.39. The third-order valence-electron chi connectivity index (χ3n) is 3.59. The van der Waals surface area contributed by atoms with Crippen LogP contribution in [0.2, 0.25) is 0 Å². The monoisotopic (exact) mass is 318 g/mol. The van der Waals surface area contributed by atoms with Crippen molar-refractivity contribution in [2.45, 2.75) is 17.5 Å². The van der Waals surface area contributed by atoms with E-state index in [2.05, 4.69) is 35.7 Å². The van der Waals surface area contributed by atoms with Crippen LogP contribution in [0.3, 0.4) is 0 Å². The number of hydrogen-bond acceptors (Lipinski definition) is 5. The molecular weight excluding hydrogens is 296 g/mol. The highest BCUT2D eigenvalue weighted by atomic mass is 35.5. The molecule has 1 aliphatic heterocycles. The summed E-state index contributed by atoms with van der Waals surface area (Å²) >= 11 is 1.75. The molecule has 0 bridgehead atoms. The molecule has 1 N–H and O–H groups in total. The summed E-state index contributed by atoms with van der Waals surface area (Å²) in [5, 5.41) is 3.31. The number of halogens is 1. The minimum absolute atomic E-state index is 0. The van der Waals surface area contributed by atoms with Crippen molar-refractivity contribution in [3.05, 3.63) is 17.7 Å². The number of nitrogens with zero attached hydrogens (tertiary/aromatic N) is 1. The highest BCUT2D eigenvalue weighted by Crippen LogP contribution is 2.35. The second kappa shape index (κ2) is 7.98. The van der Waals surface area contributed by atoms with E-state index in [-0.39, 0.29) is 12.4 Å². The van der Waals surface area contributed by atoms with Gasteiger partial charge in [0.2, 0.25) is 0 Å². The van der Waals surface area contributed by atoms with Crippen molar-refractivity contribution in [1.82, 2.24) is 10.2 Å². The first-order valence-electron chi connectivity index (χ1n) is 6.39. The molecule has 4 nitrogen and oxygen atoms in total. The number of likely N-dealkylation sites (N-methyl/N-ethyl adjacent to an activating group) is 1. The van der Waals surface area contributed by atoms with Crippen LogP contribution in [0, 0.1) is 0 Å². The second-order valence-corrected chi connectivity index (χ2v) is 5.59. The fraction of sp³-hybridized carbons (Fsp3) is 0.571. The van der Waals surface area contributed by atoms with Gasteiger partial charge in [0, 0.05) is 30.6 Å². The maximum absolute atomic E-state index is 5.39. The molecule has 0 aliphatic carbocycles. The summed E-state index contributed by atoms with van der Waals surface area (Å²) in [5.74, 6) is 1.60. The van der Waals surface area contributed by atoms with Crippen molar-refractivity contribution in [3.8, 4) is 11.5 Å². The predicted molar refractivity (Wildman–Crippen MR) is 86.7 cm³/mol. The summed E-state index contributed by atoms with van der Waals surface area (Å²) in [7, 11) is 5.53. The van der Waals surface area contributed by atoms with Crippen molar-refractivity contribution in [1.29, 1.82) is 0 Å². The zero-order valence-corrected chi connectivity index (χ0v) is 14.1. The average molecular weight is 319 g/mol. The standard InChI is InChI=1S/C14H22N2O2S.ClH/c1-16(11-7-15-8-11)9-10-5-12(17-2)13(18-3)6-14(10)19-4;/h5-6,11,15H,7-9H2,1-4H3;1H. The molecule has 114 valence electrons. The van der Waals surface area contributed by atoms with Crippen LogP contribution in [0.5, 0.6) is 11.5 Å². The molecule has 1 fully saturated rings. The number of nitrogens with one attached hydrogen (secondary N) is 1. The van der Waals surface area contributed by atoms with E-state index in [4.69, 9.17) is 9.47 Å². The molecule has 1 aromatic rings. The second-order valence-electron chi connectivity index (χ2n) is 4.75. The van der Waals surface area contributed by atoms with Gasteiger partial charge in [-0.2, -0.15) is 0 Å². The van der Waals surface area contributed by atoms with E-state index in [1.54, 1.807) is 26.0 Å². The normalized spacial score (nSPS) is 14.7. The lowest BCUT2D eigenvalue weighted by Crippen LogP contribution is -2.55. The van der Waals surface area contributed by atoms with Crippen LogP contribution in [-0.2, 0) is 6.54 Å². The quantitative estimate of drug-likeness (QED) is 0.814. The van der Waals surface area contributed by atoms with Crippen LogP contribution >= 0.6 is 24.2 Å². The van der Waals surface area contributed by atoms with Crippen molar-refractivity contribution < 1.29 is 9.47 Å². The van der Waals surface area contributed by atoms with Gasteiger partial charge >= 0.3 is 0 Å². The zero-order chi connectivity index (χ0) is 13.8. The summed E-state index contributed by atoms with van der Waals surface area (Å²) in [6, 6.07) is 4.79. The van der Waals surface area contributed by atoms with Crippen LogP contribution in [0.25, 0.3) is 0 Å². The molecule has 20 heavy (non-hydrogen) atoms. The van der Waals surface area contributed by atoms with Crippen molar-refractivity contribution in [2.24, 2.45) is 0 Å². The van der Waals surface area contributed by atoms with Gasteiger partial charge in [-0.3, -0.25) is 4.90 Å². The Bertz CT molecular complexity index is 441. The number of thioether (sulfide) groups is 1. The fourth-order valence-corrected chi connectivity index (χ4v) is 2.81. The van der Waals surface area contributed by atoms with Gasteiger partial charge in [-0.25, -0.2) is 0 Å². The Balaban J connectivity index is 0.00000200. The molecule has 1 aromatic carbocycles. The van der Waals surface area contributed by atoms with Gasteiger partial charge in [-0.05, 0) is 31.0 Å². The van der Waals surface area contributed by atoms with Crippen molar-refractivity contribution in [2.75, 3.05) is 40.6 Å². The van der Waals surface area contributed by atoms with Gasteiger partial charge in [0.25, 0.3) is 0 Å². The van der Waals surface area contributed by atoms with Gasteiger partial charge < -0.3 is 14.8 Å². The molecule has 0 saturated carbocycles. The number of rotatable bonds is 6. The minimum Gasteiger partial charge on any atom is -0.493 e. The molecule has 1 heterocycles. The first-order valence-corrected chi connectivity index (χ1v) is 7.62. The Morgan fingerprint density at radius 1 is 1.25 bits per heavy atom. The maximum Gasteiger partial charge on any atom is 0.161 e. The van der Waals surface area contributed by atoms with Crippen LogP contribution in [0.4, 0.5) is 0 Å². The molecule has 2 rings (SSSR count). The Morgan fingerprint density at radius 3 is 2.30 bits per heavy atom. The largest absolute Gasteiger partial charge is 0.493 e.